The molecule has 0 N–H and O–H groups in total. The number of fused-ring (bicyclic) bond motifs is 13. The highest BCUT2D eigenvalue weighted by Crippen LogP contribution is 2.56. The molecule has 4 aliphatic carbocycles. The van der Waals surface area contributed by atoms with Crippen molar-refractivity contribution >= 4 is 10.8 Å². The van der Waals surface area contributed by atoms with E-state index >= 15 is 0 Å². The summed E-state index contributed by atoms with van der Waals surface area (Å²) in [5, 5.41) is 2.55. The van der Waals surface area contributed by atoms with Gasteiger partial charge in [0.1, 0.15) is 0 Å². The molecule has 76 heavy (non-hydrogen) atoms. The van der Waals surface area contributed by atoms with Crippen LogP contribution in [-0.2, 0) is 21.7 Å². The minimum Gasteiger partial charge on any atom is -0.0619 e. The highest BCUT2D eigenvalue weighted by molar-refractivity contribution is 6.01. The Morgan fingerprint density at radius 3 is 0.855 bits per heavy atom. The van der Waals surface area contributed by atoms with E-state index in [4.69, 9.17) is 0 Å². The van der Waals surface area contributed by atoms with Crippen LogP contribution in [0.15, 0.2) is 218 Å². The van der Waals surface area contributed by atoms with Gasteiger partial charge in [0.15, 0.2) is 0 Å². The van der Waals surface area contributed by atoms with Crippen LogP contribution in [0.4, 0.5) is 0 Å². The van der Waals surface area contributed by atoms with Crippen LogP contribution in [0, 0.1) is 0 Å². The average Bonchev–Trinajstić information content (AvgIpc) is 4.11. The molecule has 0 heteroatoms. The summed E-state index contributed by atoms with van der Waals surface area (Å²) in [7, 11) is 0. The molecule has 0 spiro atoms. The van der Waals surface area contributed by atoms with E-state index in [1.54, 1.807) is 0 Å². The first-order valence-corrected chi connectivity index (χ1v) is 27.4. The fourth-order valence-corrected chi connectivity index (χ4v) is 14.6. The van der Waals surface area contributed by atoms with Crippen LogP contribution in [0.25, 0.3) is 111 Å². The molecular formula is C76H60. The van der Waals surface area contributed by atoms with Gasteiger partial charge in [0.25, 0.3) is 0 Å². The Balaban J connectivity index is 0.716. The Morgan fingerprint density at radius 2 is 0.447 bits per heavy atom. The summed E-state index contributed by atoms with van der Waals surface area (Å²) >= 11 is 0. The van der Waals surface area contributed by atoms with Gasteiger partial charge >= 0.3 is 0 Å². The van der Waals surface area contributed by atoms with Crippen molar-refractivity contribution < 1.29 is 0 Å². The Morgan fingerprint density at radius 1 is 0.184 bits per heavy atom. The summed E-state index contributed by atoms with van der Waals surface area (Å²) < 4.78 is 0. The maximum atomic E-state index is 2.49. The molecule has 364 valence electrons. The van der Waals surface area contributed by atoms with Gasteiger partial charge in [0.05, 0.1) is 0 Å². The molecule has 4 aliphatic rings. The monoisotopic (exact) mass is 972 g/mol. The smallest absolute Gasteiger partial charge is 0.0159 e. The summed E-state index contributed by atoms with van der Waals surface area (Å²) in [6, 6.07) is 83.6. The molecule has 11 aromatic carbocycles. The maximum Gasteiger partial charge on any atom is 0.0159 e. The fourth-order valence-electron chi connectivity index (χ4n) is 14.6. The lowest BCUT2D eigenvalue weighted by Crippen LogP contribution is -2.16. The Kier molecular flexibility index (Phi) is 9.27. The highest BCUT2D eigenvalue weighted by atomic mass is 14.4. The van der Waals surface area contributed by atoms with E-state index in [1.165, 1.54) is 155 Å². The largest absolute Gasteiger partial charge is 0.0619 e. The number of hydrogen-bond acceptors (Lipinski definition) is 0. The minimum absolute atomic E-state index is 0.0283. The van der Waals surface area contributed by atoms with Gasteiger partial charge in [0, 0.05) is 21.7 Å². The summed E-state index contributed by atoms with van der Waals surface area (Å²) in [6.07, 6.45) is 0. The maximum absolute atomic E-state index is 2.49. The van der Waals surface area contributed by atoms with E-state index < -0.39 is 0 Å². The molecular weight excluding hydrogens is 913 g/mol. The lowest BCUT2D eigenvalue weighted by molar-refractivity contribution is 0.659. The Labute approximate surface area is 448 Å². The number of hydrogen-bond donors (Lipinski definition) is 0. The van der Waals surface area contributed by atoms with Crippen LogP contribution in [0.2, 0.25) is 0 Å². The van der Waals surface area contributed by atoms with Crippen molar-refractivity contribution in [3.63, 3.8) is 0 Å². The quantitative estimate of drug-likeness (QED) is 0.161. The first-order valence-electron chi connectivity index (χ1n) is 27.4. The van der Waals surface area contributed by atoms with Crippen molar-refractivity contribution in [3.8, 4) is 100 Å². The molecule has 0 atom stereocenters. The zero-order valence-electron chi connectivity index (χ0n) is 44.8. The molecule has 0 heterocycles. The van der Waals surface area contributed by atoms with Crippen LogP contribution in [0.3, 0.4) is 0 Å². The highest BCUT2D eigenvalue weighted by Gasteiger charge is 2.40. The Bertz CT molecular complexity index is 4330. The zero-order chi connectivity index (χ0) is 51.6. The molecule has 0 bridgehead atoms. The van der Waals surface area contributed by atoms with Gasteiger partial charge in [-0.25, -0.2) is 0 Å². The van der Waals surface area contributed by atoms with Gasteiger partial charge in [0.2, 0.25) is 0 Å². The summed E-state index contributed by atoms with van der Waals surface area (Å²) in [6.45, 7) is 19.2. The van der Waals surface area contributed by atoms with Crippen molar-refractivity contribution in [2.45, 2.75) is 77.0 Å². The second-order valence-corrected chi connectivity index (χ2v) is 24.4. The predicted octanol–water partition coefficient (Wildman–Crippen LogP) is 20.4. The van der Waals surface area contributed by atoms with E-state index in [0.29, 0.717) is 0 Å². The van der Waals surface area contributed by atoms with Crippen LogP contribution in [0.5, 0.6) is 0 Å². The van der Waals surface area contributed by atoms with Crippen molar-refractivity contribution in [2.75, 3.05) is 0 Å². The summed E-state index contributed by atoms with van der Waals surface area (Å²) in [5.41, 5.74) is 34.3. The van der Waals surface area contributed by atoms with Crippen LogP contribution in [-0.4, -0.2) is 0 Å². The van der Waals surface area contributed by atoms with E-state index in [-0.39, 0.29) is 21.7 Å². The van der Waals surface area contributed by atoms with Gasteiger partial charge in [-0.2, -0.15) is 0 Å². The second-order valence-electron chi connectivity index (χ2n) is 24.4. The first kappa shape index (κ1) is 45.1. The lowest BCUT2D eigenvalue weighted by Gasteiger charge is -2.24. The first-order chi connectivity index (χ1) is 36.7. The van der Waals surface area contributed by atoms with E-state index in [1.807, 2.05) is 0 Å². The summed E-state index contributed by atoms with van der Waals surface area (Å²) in [5.74, 6) is 0. The van der Waals surface area contributed by atoms with Gasteiger partial charge in [-0.15, -0.1) is 0 Å². The lowest BCUT2D eigenvalue weighted by atomic mass is 9.79. The molecule has 11 aromatic rings. The fraction of sp³-hybridized carbons (Fsp3) is 0.158. The van der Waals surface area contributed by atoms with Gasteiger partial charge in [-0.3, -0.25) is 0 Å². The molecule has 0 saturated carbocycles. The van der Waals surface area contributed by atoms with E-state index in [9.17, 15) is 0 Å². The van der Waals surface area contributed by atoms with E-state index in [2.05, 4.69) is 274 Å². The average molecular weight is 973 g/mol. The van der Waals surface area contributed by atoms with Crippen molar-refractivity contribution in [2.24, 2.45) is 0 Å². The van der Waals surface area contributed by atoms with Crippen molar-refractivity contribution in [3.05, 3.63) is 263 Å². The standard InChI is InChI=1S/C76H60/c1-73(2)65-23-14-13-21-57(65)58-31-24-46(38-66(58)73)47-25-32-59-60-33-26-48(40-68(60)74(3,4)67(59)39-47)49-27-34-61-62-35-28-50(42-70(62)75(5,6)69(61)41-49)51-29-36-63-64-37-30-52(44-72(64)76(7,8)71(63)43-51)54-19-11-12-20-55(54)56-22-15-17-45-16-9-10-18-53(45)56/h9-44H,1-8H3. The third kappa shape index (κ3) is 6.25. The summed E-state index contributed by atoms with van der Waals surface area (Å²) in [4.78, 5) is 0. The van der Waals surface area contributed by atoms with Gasteiger partial charge in [-0.1, -0.05) is 231 Å². The van der Waals surface area contributed by atoms with Gasteiger partial charge in [-0.05, 0) is 198 Å². The number of benzene rings is 11. The van der Waals surface area contributed by atoms with E-state index in [0.717, 1.165) is 0 Å². The third-order valence-electron chi connectivity index (χ3n) is 18.9. The molecule has 0 nitrogen and oxygen atoms in total. The minimum atomic E-state index is -0.167. The molecule has 0 aromatic heterocycles. The SMILES string of the molecule is CC1(C)c2ccccc2-c2ccc(-c3ccc4c(c3)C(C)(C)c3cc(-c5ccc6c(c5)C(C)(C)c5cc(-c7ccc8c(c7)C(C)(C)c7cc(-c9ccccc9-c9cccc%10ccccc9%10)ccc7-8)ccc5-6)ccc3-4)cc21. The van der Waals surface area contributed by atoms with Crippen LogP contribution in [0.1, 0.15) is 99.9 Å². The zero-order valence-corrected chi connectivity index (χ0v) is 44.8. The van der Waals surface area contributed by atoms with Crippen molar-refractivity contribution in [1.29, 1.82) is 0 Å². The molecule has 0 fully saturated rings. The second kappa shape index (κ2) is 15.6. The third-order valence-corrected chi connectivity index (χ3v) is 18.9. The van der Waals surface area contributed by atoms with Crippen LogP contribution >= 0.6 is 0 Å². The van der Waals surface area contributed by atoms with Crippen LogP contribution < -0.4 is 0 Å². The molecule has 0 aliphatic heterocycles. The predicted molar refractivity (Wildman–Crippen MR) is 321 cm³/mol. The molecule has 0 radical (unpaired) electrons. The topological polar surface area (TPSA) is 0 Å². The van der Waals surface area contributed by atoms with Gasteiger partial charge < -0.3 is 0 Å². The molecule has 0 unspecified atom stereocenters. The molecule has 15 rings (SSSR count). The van der Waals surface area contributed by atoms with Crippen molar-refractivity contribution in [1.82, 2.24) is 0 Å². The Hall–Kier alpha value is -8.32. The molecule has 0 amide bonds. The number of rotatable bonds is 5. The normalized spacial score (nSPS) is 15.8. The molecule has 0 saturated heterocycles.